The zero-order valence-corrected chi connectivity index (χ0v) is 11.0. The molecule has 19 heavy (non-hydrogen) atoms. The van der Waals surface area contributed by atoms with Gasteiger partial charge in [0, 0.05) is 6.54 Å². The lowest BCUT2D eigenvalue weighted by molar-refractivity contribution is 0.598. The van der Waals surface area contributed by atoms with Crippen LogP contribution < -0.4 is 10.0 Å². The Morgan fingerprint density at radius 2 is 2.21 bits per heavy atom. The molecule has 3 rings (SSSR count). The second-order valence-electron chi connectivity index (χ2n) is 4.39. The van der Waals surface area contributed by atoms with E-state index in [1.165, 1.54) is 12.5 Å². The first kappa shape index (κ1) is 12.0. The van der Waals surface area contributed by atoms with Gasteiger partial charge in [0.1, 0.15) is 0 Å². The minimum atomic E-state index is -3.61. The van der Waals surface area contributed by atoms with Crippen molar-refractivity contribution in [2.24, 2.45) is 0 Å². The van der Waals surface area contributed by atoms with Gasteiger partial charge >= 0.3 is 0 Å². The number of H-pyrrole nitrogens is 1. The molecule has 0 saturated heterocycles. The van der Waals surface area contributed by atoms with Crippen molar-refractivity contribution in [3.8, 4) is 0 Å². The van der Waals surface area contributed by atoms with Crippen LogP contribution in [0.3, 0.4) is 0 Å². The van der Waals surface area contributed by atoms with E-state index in [0.29, 0.717) is 5.69 Å². The van der Waals surface area contributed by atoms with Crippen LogP contribution in [0.5, 0.6) is 0 Å². The van der Waals surface area contributed by atoms with Crippen molar-refractivity contribution in [1.82, 2.24) is 9.97 Å². The van der Waals surface area contributed by atoms with Gasteiger partial charge in [-0.05, 0) is 24.5 Å². The van der Waals surface area contributed by atoms with Crippen LogP contribution in [-0.4, -0.2) is 24.9 Å². The number of benzene rings is 1. The number of hydrogen-bond acceptors (Lipinski definition) is 4. The summed E-state index contributed by atoms with van der Waals surface area (Å²) in [5.74, 6) is 0. The molecule has 0 unspecified atom stereocenters. The summed E-state index contributed by atoms with van der Waals surface area (Å²) in [5.41, 5.74) is 2.58. The summed E-state index contributed by atoms with van der Waals surface area (Å²) in [5, 5.41) is 3.30. The normalized spacial score (nSPS) is 14.5. The first-order chi connectivity index (χ1) is 9.17. The quantitative estimate of drug-likeness (QED) is 0.795. The lowest BCUT2D eigenvalue weighted by Crippen LogP contribution is -2.18. The maximum atomic E-state index is 12.1. The largest absolute Gasteiger partial charge is 0.383 e. The standard InChI is InChI=1S/C12H14N4O2S/c17-19(18,11-7-13-8-15-11)16-10-5-1-3-9-4-2-6-14-12(9)10/h1,3,5,7-8,14,16H,2,4,6H2,(H,13,15). The van der Waals surface area contributed by atoms with Crippen molar-refractivity contribution >= 4 is 21.4 Å². The summed E-state index contributed by atoms with van der Waals surface area (Å²) in [6, 6.07) is 5.62. The second-order valence-corrected chi connectivity index (χ2v) is 6.04. The van der Waals surface area contributed by atoms with Crippen molar-refractivity contribution in [1.29, 1.82) is 0 Å². The number of fused-ring (bicyclic) bond motifs is 1. The molecule has 0 radical (unpaired) electrons. The van der Waals surface area contributed by atoms with Crippen LogP contribution in [0, 0.1) is 0 Å². The number of nitrogens with zero attached hydrogens (tertiary/aromatic N) is 1. The molecule has 0 amide bonds. The number of imidazole rings is 1. The summed E-state index contributed by atoms with van der Waals surface area (Å²) in [6.07, 6.45) is 4.64. The Morgan fingerprint density at radius 1 is 1.32 bits per heavy atom. The molecule has 1 aromatic heterocycles. The Kier molecular flexibility index (Phi) is 2.90. The molecule has 2 heterocycles. The van der Waals surface area contributed by atoms with E-state index in [0.717, 1.165) is 30.6 Å². The zero-order chi connectivity index (χ0) is 13.3. The number of hydrogen-bond donors (Lipinski definition) is 3. The molecule has 1 aliphatic heterocycles. The maximum absolute atomic E-state index is 12.1. The Morgan fingerprint density at radius 3 is 3.00 bits per heavy atom. The van der Waals surface area contributed by atoms with Crippen LogP contribution in [0.2, 0.25) is 0 Å². The van der Waals surface area contributed by atoms with Crippen molar-refractivity contribution in [2.75, 3.05) is 16.6 Å². The highest BCUT2D eigenvalue weighted by molar-refractivity contribution is 7.92. The van der Waals surface area contributed by atoms with Crippen LogP contribution in [0.1, 0.15) is 12.0 Å². The molecule has 0 saturated carbocycles. The third-order valence-electron chi connectivity index (χ3n) is 3.08. The minimum absolute atomic E-state index is 0.0564. The maximum Gasteiger partial charge on any atom is 0.279 e. The summed E-state index contributed by atoms with van der Waals surface area (Å²) in [4.78, 5) is 6.32. The number of aromatic nitrogens is 2. The van der Waals surface area contributed by atoms with Gasteiger partial charge in [-0.15, -0.1) is 0 Å². The average Bonchev–Trinajstić information content (AvgIpc) is 2.93. The van der Waals surface area contributed by atoms with Gasteiger partial charge in [0.15, 0.2) is 5.03 Å². The lowest BCUT2D eigenvalue weighted by atomic mass is 10.0. The summed E-state index contributed by atoms with van der Waals surface area (Å²) >= 11 is 0. The number of para-hydroxylation sites is 1. The van der Waals surface area contributed by atoms with E-state index in [-0.39, 0.29) is 5.03 Å². The van der Waals surface area contributed by atoms with Gasteiger partial charge in [0.25, 0.3) is 10.0 Å². The van der Waals surface area contributed by atoms with Crippen LogP contribution in [-0.2, 0) is 16.4 Å². The van der Waals surface area contributed by atoms with Crippen LogP contribution in [0.25, 0.3) is 0 Å². The molecule has 0 atom stereocenters. The van der Waals surface area contributed by atoms with Gasteiger partial charge in [-0.1, -0.05) is 12.1 Å². The Labute approximate surface area is 111 Å². The number of anilines is 2. The van der Waals surface area contributed by atoms with Crippen LogP contribution >= 0.6 is 0 Å². The molecule has 1 aromatic carbocycles. The highest BCUT2D eigenvalue weighted by Gasteiger charge is 2.19. The third-order valence-corrected chi connectivity index (χ3v) is 4.37. The van der Waals surface area contributed by atoms with Crippen molar-refractivity contribution in [3.63, 3.8) is 0 Å². The van der Waals surface area contributed by atoms with E-state index in [4.69, 9.17) is 0 Å². The van der Waals surface area contributed by atoms with Crippen molar-refractivity contribution < 1.29 is 8.42 Å². The molecule has 0 bridgehead atoms. The summed E-state index contributed by atoms with van der Waals surface area (Å²) in [7, 11) is -3.61. The SMILES string of the molecule is O=S(=O)(Nc1cccc2c1NCCC2)c1cnc[nH]1. The first-order valence-corrected chi connectivity index (χ1v) is 7.52. The molecule has 0 spiro atoms. The van der Waals surface area contributed by atoms with Gasteiger partial charge in [-0.25, -0.2) is 4.98 Å². The Balaban J connectivity index is 1.96. The lowest BCUT2D eigenvalue weighted by Gasteiger charge is -2.21. The smallest absolute Gasteiger partial charge is 0.279 e. The summed E-state index contributed by atoms with van der Waals surface area (Å²) < 4.78 is 26.9. The van der Waals surface area contributed by atoms with E-state index in [1.54, 1.807) is 6.07 Å². The molecule has 1 aliphatic rings. The molecule has 100 valence electrons. The van der Waals surface area contributed by atoms with Crippen LogP contribution in [0.4, 0.5) is 11.4 Å². The summed E-state index contributed by atoms with van der Waals surface area (Å²) in [6.45, 7) is 0.857. The number of aromatic amines is 1. The molecular weight excluding hydrogens is 264 g/mol. The average molecular weight is 278 g/mol. The molecule has 0 fully saturated rings. The predicted molar refractivity (Wildman–Crippen MR) is 72.6 cm³/mol. The monoisotopic (exact) mass is 278 g/mol. The molecule has 0 aliphatic carbocycles. The highest BCUT2D eigenvalue weighted by Crippen LogP contribution is 2.31. The van der Waals surface area contributed by atoms with E-state index in [9.17, 15) is 8.42 Å². The predicted octanol–water partition coefficient (Wildman–Crippen LogP) is 1.57. The number of nitrogens with one attached hydrogen (secondary N) is 3. The van der Waals surface area contributed by atoms with E-state index in [1.807, 2.05) is 12.1 Å². The molecular formula is C12H14N4O2S. The van der Waals surface area contributed by atoms with Gasteiger partial charge in [0.05, 0.1) is 23.9 Å². The van der Waals surface area contributed by atoms with E-state index in [2.05, 4.69) is 20.0 Å². The molecule has 6 nitrogen and oxygen atoms in total. The minimum Gasteiger partial charge on any atom is -0.383 e. The van der Waals surface area contributed by atoms with Crippen molar-refractivity contribution in [2.45, 2.75) is 17.9 Å². The molecule has 7 heteroatoms. The Hall–Kier alpha value is -2.02. The first-order valence-electron chi connectivity index (χ1n) is 6.04. The second kappa shape index (κ2) is 4.58. The zero-order valence-electron chi connectivity index (χ0n) is 10.2. The van der Waals surface area contributed by atoms with E-state index >= 15 is 0 Å². The van der Waals surface area contributed by atoms with Gasteiger partial charge in [-0.3, -0.25) is 4.72 Å². The van der Waals surface area contributed by atoms with Gasteiger partial charge in [-0.2, -0.15) is 8.42 Å². The third kappa shape index (κ3) is 2.28. The Bertz CT molecular complexity index is 680. The van der Waals surface area contributed by atoms with E-state index < -0.39 is 10.0 Å². The molecule has 2 aromatic rings. The molecule has 3 N–H and O–H groups in total. The van der Waals surface area contributed by atoms with Crippen LogP contribution in [0.15, 0.2) is 35.7 Å². The topological polar surface area (TPSA) is 86.9 Å². The van der Waals surface area contributed by atoms with Gasteiger partial charge < -0.3 is 10.3 Å². The fraction of sp³-hybridized carbons (Fsp3) is 0.250. The number of sulfonamides is 1. The van der Waals surface area contributed by atoms with Crippen molar-refractivity contribution in [3.05, 3.63) is 36.3 Å². The highest BCUT2D eigenvalue weighted by atomic mass is 32.2. The van der Waals surface area contributed by atoms with Gasteiger partial charge in [0.2, 0.25) is 0 Å². The number of aryl methyl sites for hydroxylation is 1. The fourth-order valence-corrected chi connectivity index (χ4v) is 3.16. The fourth-order valence-electron chi connectivity index (χ4n) is 2.18. The number of rotatable bonds is 3.